The molecule has 0 spiro atoms. The van der Waals surface area contributed by atoms with Gasteiger partial charge in [-0.25, -0.2) is 4.79 Å². The molecule has 2 aromatic carbocycles. The first-order valence-corrected chi connectivity index (χ1v) is 10.2. The lowest BCUT2D eigenvalue weighted by molar-refractivity contribution is 0.0519. The van der Waals surface area contributed by atoms with Gasteiger partial charge in [0.05, 0.1) is 6.61 Å². The molecule has 0 aliphatic heterocycles. The summed E-state index contributed by atoms with van der Waals surface area (Å²) in [6, 6.07) is 16.7. The van der Waals surface area contributed by atoms with Crippen molar-refractivity contribution in [1.82, 2.24) is 9.88 Å². The van der Waals surface area contributed by atoms with E-state index in [9.17, 15) is 9.59 Å². The summed E-state index contributed by atoms with van der Waals surface area (Å²) < 4.78 is 5.14. The average Bonchev–Trinajstić information content (AvgIpc) is 3.02. The summed E-state index contributed by atoms with van der Waals surface area (Å²) in [4.78, 5) is 30.5. The number of aromatic amines is 1. The van der Waals surface area contributed by atoms with Gasteiger partial charge in [0, 0.05) is 29.4 Å². The maximum Gasteiger partial charge on any atom is 0.355 e. The third kappa shape index (κ3) is 4.92. The quantitative estimate of drug-likeness (QED) is 0.523. The van der Waals surface area contributed by atoms with Crippen LogP contribution in [-0.2, 0) is 17.8 Å². The molecular formula is C24H25ClN2O3. The lowest BCUT2D eigenvalue weighted by Crippen LogP contribution is -2.30. The van der Waals surface area contributed by atoms with Crippen molar-refractivity contribution in [3.8, 4) is 0 Å². The second kappa shape index (κ2) is 9.63. The van der Waals surface area contributed by atoms with Crippen molar-refractivity contribution in [2.24, 2.45) is 0 Å². The van der Waals surface area contributed by atoms with Crippen LogP contribution in [0.5, 0.6) is 0 Å². The van der Waals surface area contributed by atoms with Gasteiger partial charge in [-0.15, -0.1) is 0 Å². The van der Waals surface area contributed by atoms with Crippen molar-refractivity contribution in [2.45, 2.75) is 33.9 Å². The van der Waals surface area contributed by atoms with Crippen molar-refractivity contribution in [2.75, 3.05) is 6.61 Å². The minimum atomic E-state index is -0.386. The molecule has 0 atom stereocenters. The third-order valence-corrected chi connectivity index (χ3v) is 5.27. The summed E-state index contributed by atoms with van der Waals surface area (Å²) >= 11 is 5.98. The van der Waals surface area contributed by atoms with Gasteiger partial charge < -0.3 is 14.6 Å². The number of aryl methyl sites for hydroxylation is 1. The molecule has 0 bridgehead atoms. The number of halogens is 1. The minimum Gasteiger partial charge on any atom is -0.461 e. The first-order valence-electron chi connectivity index (χ1n) is 9.84. The molecule has 3 rings (SSSR count). The zero-order chi connectivity index (χ0) is 21.7. The number of H-pyrrole nitrogens is 1. The molecule has 0 aliphatic carbocycles. The number of benzene rings is 2. The molecule has 0 radical (unpaired) electrons. The van der Waals surface area contributed by atoms with E-state index >= 15 is 0 Å². The van der Waals surface area contributed by atoms with E-state index in [-0.39, 0.29) is 11.9 Å². The normalized spacial score (nSPS) is 10.7. The molecule has 1 aromatic heterocycles. The number of hydrogen-bond acceptors (Lipinski definition) is 3. The van der Waals surface area contributed by atoms with Crippen LogP contribution in [0.2, 0.25) is 5.02 Å². The van der Waals surface area contributed by atoms with Crippen molar-refractivity contribution in [1.29, 1.82) is 0 Å². The smallest absolute Gasteiger partial charge is 0.355 e. The molecule has 5 nitrogen and oxygen atoms in total. The summed E-state index contributed by atoms with van der Waals surface area (Å²) in [5, 5.41) is 0.581. The molecular weight excluding hydrogens is 400 g/mol. The second-order valence-electron chi connectivity index (χ2n) is 7.10. The van der Waals surface area contributed by atoms with Gasteiger partial charge in [0.25, 0.3) is 5.91 Å². The number of esters is 1. The monoisotopic (exact) mass is 424 g/mol. The molecule has 3 aromatic rings. The Hall–Kier alpha value is -3.05. The Labute approximate surface area is 181 Å². The molecule has 0 unspecified atom stereocenters. The number of ether oxygens (including phenoxy) is 1. The topological polar surface area (TPSA) is 62.4 Å². The highest BCUT2D eigenvalue weighted by Gasteiger charge is 2.23. The van der Waals surface area contributed by atoms with Crippen LogP contribution < -0.4 is 0 Å². The maximum absolute atomic E-state index is 13.3. The standard InChI is InChI=1S/C24H25ClN2O3/c1-4-30-24(29)22-16(2)21(17(3)26-22)15-27(14-18-8-6-5-7-9-18)23(28)19-10-12-20(25)13-11-19/h5-13,26H,4,14-15H2,1-3H3. The Balaban J connectivity index is 1.94. The zero-order valence-corrected chi connectivity index (χ0v) is 18.1. The molecule has 6 heteroatoms. The predicted molar refractivity (Wildman–Crippen MR) is 118 cm³/mol. The second-order valence-corrected chi connectivity index (χ2v) is 7.54. The molecule has 0 saturated heterocycles. The summed E-state index contributed by atoms with van der Waals surface area (Å²) in [5.74, 6) is -0.490. The van der Waals surface area contributed by atoms with Crippen LogP contribution >= 0.6 is 11.6 Å². The van der Waals surface area contributed by atoms with Gasteiger partial charge in [-0.2, -0.15) is 0 Å². The molecule has 1 heterocycles. The Kier molecular flexibility index (Phi) is 6.95. The van der Waals surface area contributed by atoms with Crippen LogP contribution in [0.25, 0.3) is 0 Å². The van der Waals surface area contributed by atoms with Gasteiger partial charge in [-0.3, -0.25) is 4.79 Å². The van der Waals surface area contributed by atoms with Crippen molar-refractivity contribution in [3.05, 3.63) is 93.3 Å². The molecule has 156 valence electrons. The largest absolute Gasteiger partial charge is 0.461 e. The fraction of sp³-hybridized carbons (Fsp3) is 0.250. The summed E-state index contributed by atoms with van der Waals surface area (Å²) in [5.41, 5.74) is 4.58. The van der Waals surface area contributed by atoms with Gasteiger partial charge in [-0.1, -0.05) is 41.9 Å². The van der Waals surface area contributed by atoms with Crippen LogP contribution in [0, 0.1) is 13.8 Å². The highest BCUT2D eigenvalue weighted by atomic mass is 35.5. The first kappa shape index (κ1) is 21.7. The highest BCUT2D eigenvalue weighted by molar-refractivity contribution is 6.30. The van der Waals surface area contributed by atoms with E-state index in [1.165, 1.54) is 0 Å². The van der Waals surface area contributed by atoms with Crippen LogP contribution in [0.3, 0.4) is 0 Å². The van der Waals surface area contributed by atoms with E-state index in [1.54, 1.807) is 36.1 Å². The molecule has 30 heavy (non-hydrogen) atoms. The fourth-order valence-corrected chi connectivity index (χ4v) is 3.53. The van der Waals surface area contributed by atoms with E-state index in [0.29, 0.717) is 36.0 Å². The Morgan fingerprint density at radius 2 is 1.67 bits per heavy atom. The van der Waals surface area contributed by atoms with E-state index in [1.807, 2.05) is 44.2 Å². The highest BCUT2D eigenvalue weighted by Crippen LogP contribution is 2.23. The van der Waals surface area contributed by atoms with Gasteiger partial charge >= 0.3 is 5.97 Å². The van der Waals surface area contributed by atoms with E-state index in [4.69, 9.17) is 16.3 Å². The van der Waals surface area contributed by atoms with Crippen molar-refractivity contribution < 1.29 is 14.3 Å². The number of nitrogens with one attached hydrogen (secondary N) is 1. The van der Waals surface area contributed by atoms with Gasteiger partial charge in [-0.05, 0) is 61.7 Å². The van der Waals surface area contributed by atoms with Crippen LogP contribution in [0.1, 0.15) is 50.2 Å². The number of amides is 1. The van der Waals surface area contributed by atoms with E-state index < -0.39 is 0 Å². The third-order valence-electron chi connectivity index (χ3n) is 5.02. The summed E-state index contributed by atoms with van der Waals surface area (Å²) in [6.45, 7) is 6.67. The predicted octanol–water partition coefficient (Wildman–Crippen LogP) is 5.30. The SMILES string of the molecule is CCOC(=O)c1[nH]c(C)c(CN(Cc2ccccc2)C(=O)c2ccc(Cl)cc2)c1C. The number of carbonyl (C=O) groups is 2. The molecule has 0 fully saturated rings. The summed E-state index contributed by atoms with van der Waals surface area (Å²) in [7, 11) is 0. The molecule has 1 N–H and O–H groups in total. The van der Waals surface area contributed by atoms with Gasteiger partial charge in [0.15, 0.2) is 0 Å². The fourth-order valence-electron chi connectivity index (χ4n) is 3.40. The average molecular weight is 425 g/mol. The number of rotatable bonds is 7. The minimum absolute atomic E-state index is 0.104. The Morgan fingerprint density at radius 3 is 2.30 bits per heavy atom. The lowest BCUT2D eigenvalue weighted by Gasteiger charge is -2.24. The Bertz CT molecular complexity index is 1030. The van der Waals surface area contributed by atoms with Crippen molar-refractivity contribution >= 4 is 23.5 Å². The Morgan fingerprint density at radius 1 is 1.00 bits per heavy atom. The van der Waals surface area contributed by atoms with Crippen LogP contribution in [0.4, 0.5) is 0 Å². The van der Waals surface area contributed by atoms with E-state index in [0.717, 1.165) is 22.4 Å². The number of hydrogen-bond donors (Lipinski definition) is 1. The maximum atomic E-state index is 13.3. The number of nitrogens with zero attached hydrogens (tertiary/aromatic N) is 1. The summed E-state index contributed by atoms with van der Waals surface area (Å²) in [6.07, 6.45) is 0. The van der Waals surface area contributed by atoms with Gasteiger partial charge in [0.1, 0.15) is 5.69 Å². The molecule has 0 saturated carbocycles. The van der Waals surface area contributed by atoms with Crippen LogP contribution in [0.15, 0.2) is 54.6 Å². The zero-order valence-electron chi connectivity index (χ0n) is 17.4. The van der Waals surface area contributed by atoms with E-state index in [2.05, 4.69) is 4.98 Å². The molecule has 0 aliphatic rings. The molecule has 1 amide bonds. The number of carbonyl (C=O) groups excluding carboxylic acids is 2. The lowest BCUT2D eigenvalue weighted by atomic mass is 10.1. The van der Waals surface area contributed by atoms with Gasteiger partial charge in [0.2, 0.25) is 0 Å². The van der Waals surface area contributed by atoms with Crippen molar-refractivity contribution in [3.63, 3.8) is 0 Å². The number of aromatic nitrogens is 1. The first-order chi connectivity index (χ1) is 14.4. The van der Waals surface area contributed by atoms with Crippen LogP contribution in [-0.4, -0.2) is 28.4 Å².